The van der Waals surface area contributed by atoms with Crippen LogP contribution in [-0.4, -0.2) is 40.3 Å². The molecule has 0 unspecified atom stereocenters. The minimum atomic E-state index is -1.11. The summed E-state index contributed by atoms with van der Waals surface area (Å²) in [4.78, 5) is 37.0. The standard InChI is InChI=1S/C21H18ClNO5S/c22-16-11-15(8-9-17(16)28-13-19(24)25)12-18-20(26)23(21(27)29-18)10-4-7-14-5-2-1-3-6-14/h1-3,5-6,8-9,11-12H,4,7,10,13H2,(H,24,25)/b18-12-. The summed E-state index contributed by atoms with van der Waals surface area (Å²) in [7, 11) is 0. The zero-order valence-electron chi connectivity index (χ0n) is 15.3. The van der Waals surface area contributed by atoms with Crippen molar-refractivity contribution in [2.45, 2.75) is 12.8 Å². The summed E-state index contributed by atoms with van der Waals surface area (Å²) in [6, 6.07) is 14.6. The van der Waals surface area contributed by atoms with Crippen molar-refractivity contribution >= 4 is 46.6 Å². The molecule has 2 aromatic carbocycles. The monoisotopic (exact) mass is 431 g/mol. The Bertz CT molecular complexity index is 961. The largest absolute Gasteiger partial charge is 0.480 e. The van der Waals surface area contributed by atoms with Gasteiger partial charge in [-0.3, -0.25) is 14.5 Å². The third kappa shape index (κ3) is 5.62. The molecule has 0 aliphatic carbocycles. The zero-order chi connectivity index (χ0) is 20.8. The Morgan fingerprint density at radius 1 is 1.17 bits per heavy atom. The molecule has 1 saturated heterocycles. The number of imide groups is 1. The molecule has 6 nitrogen and oxygen atoms in total. The Labute approximate surface area is 177 Å². The second-order valence-corrected chi connectivity index (χ2v) is 7.70. The van der Waals surface area contributed by atoms with Crippen molar-refractivity contribution in [3.8, 4) is 5.75 Å². The lowest BCUT2D eigenvalue weighted by molar-refractivity contribution is -0.139. The van der Waals surface area contributed by atoms with Crippen LogP contribution >= 0.6 is 23.4 Å². The smallest absolute Gasteiger partial charge is 0.341 e. The van der Waals surface area contributed by atoms with Gasteiger partial charge >= 0.3 is 5.97 Å². The number of nitrogens with zero attached hydrogens (tertiary/aromatic N) is 1. The van der Waals surface area contributed by atoms with Gasteiger partial charge in [0.2, 0.25) is 0 Å². The van der Waals surface area contributed by atoms with Gasteiger partial charge < -0.3 is 9.84 Å². The molecule has 0 spiro atoms. The van der Waals surface area contributed by atoms with Crippen molar-refractivity contribution in [2.24, 2.45) is 0 Å². The van der Waals surface area contributed by atoms with Crippen molar-refractivity contribution in [1.29, 1.82) is 0 Å². The maximum Gasteiger partial charge on any atom is 0.341 e. The minimum absolute atomic E-state index is 0.224. The number of aliphatic carboxylic acids is 1. The Morgan fingerprint density at radius 2 is 1.93 bits per heavy atom. The Hall–Kier alpha value is -2.77. The van der Waals surface area contributed by atoms with E-state index >= 15 is 0 Å². The summed E-state index contributed by atoms with van der Waals surface area (Å²) in [5, 5.41) is 8.59. The lowest BCUT2D eigenvalue weighted by Gasteiger charge is -2.12. The number of rotatable bonds is 8. The van der Waals surface area contributed by atoms with Gasteiger partial charge in [0.25, 0.3) is 11.1 Å². The van der Waals surface area contributed by atoms with Crippen LogP contribution < -0.4 is 4.74 Å². The summed E-state index contributed by atoms with van der Waals surface area (Å²) in [5.41, 5.74) is 1.78. The predicted octanol–water partition coefficient (Wildman–Crippen LogP) is 4.47. The number of aryl methyl sites for hydroxylation is 1. The van der Waals surface area contributed by atoms with Crippen LogP contribution in [0.25, 0.3) is 6.08 Å². The van der Waals surface area contributed by atoms with Crippen LogP contribution in [-0.2, 0) is 16.0 Å². The highest BCUT2D eigenvalue weighted by atomic mass is 35.5. The van der Waals surface area contributed by atoms with Crippen LogP contribution in [0.5, 0.6) is 5.75 Å². The SMILES string of the molecule is O=C(O)COc1ccc(/C=C2\SC(=O)N(CCCc3ccccc3)C2=O)cc1Cl. The van der Waals surface area contributed by atoms with E-state index in [-0.39, 0.29) is 21.9 Å². The van der Waals surface area contributed by atoms with Crippen LogP contribution in [0.1, 0.15) is 17.5 Å². The molecule has 29 heavy (non-hydrogen) atoms. The van der Waals surface area contributed by atoms with Gasteiger partial charge in [0.1, 0.15) is 5.75 Å². The predicted molar refractivity (Wildman–Crippen MR) is 112 cm³/mol. The van der Waals surface area contributed by atoms with Gasteiger partial charge in [-0.05, 0) is 53.9 Å². The second kappa shape index (κ2) is 9.62. The Kier molecular flexibility index (Phi) is 6.95. The molecule has 2 amide bonds. The first-order chi connectivity index (χ1) is 13.9. The fourth-order valence-corrected chi connectivity index (χ4v) is 3.90. The van der Waals surface area contributed by atoms with Crippen molar-refractivity contribution in [1.82, 2.24) is 4.90 Å². The van der Waals surface area contributed by atoms with Crippen LogP contribution in [0.2, 0.25) is 5.02 Å². The summed E-state index contributed by atoms with van der Waals surface area (Å²) in [5.74, 6) is -1.19. The topological polar surface area (TPSA) is 83.9 Å². The highest BCUT2D eigenvalue weighted by Crippen LogP contribution is 2.34. The zero-order valence-corrected chi connectivity index (χ0v) is 16.9. The number of carbonyl (C=O) groups is 3. The Morgan fingerprint density at radius 3 is 2.62 bits per heavy atom. The summed E-state index contributed by atoms with van der Waals surface area (Å²) in [6.07, 6.45) is 3.07. The van der Waals surface area contributed by atoms with E-state index in [1.54, 1.807) is 18.2 Å². The van der Waals surface area contributed by atoms with E-state index in [0.29, 0.717) is 23.4 Å². The fraction of sp³-hybridized carbons (Fsp3) is 0.190. The number of carboxylic acid groups (broad SMARTS) is 1. The number of thioether (sulfide) groups is 1. The average Bonchev–Trinajstić information content (AvgIpc) is 2.95. The highest BCUT2D eigenvalue weighted by Gasteiger charge is 2.34. The normalized spacial score (nSPS) is 15.2. The van der Waals surface area contributed by atoms with Crippen molar-refractivity contribution < 1.29 is 24.2 Å². The lowest BCUT2D eigenvalue weighted by atomic mass is 10.1. The van der Waals surface area contributed by atoms with E-state index in [4.69, 9.17) is 21.4 Å². The molecule has 0 atom stereocenters. The van der Waals surface area contributed by atoms with Gasteiger partial charge in [-0.25, -0.2) is 4.79 Å². The quantitative estimate of drug-likeness (QED) is 0.620. The molecule has 0 bridgehead atoms. The van der Waals surface area contributed by atoms with Crippen LogP contribution in [0.4, 0.5) is 4.79 Å². The van der Waals surface area contributed by atoms with Crippen LogP contribution in [0, 0.1) is 0 Å². The second-order valence-electron chi connectivity index (χ2n) is 6.29. The molecule has 150 valence electrons. The molecule has 0 saturated carbocycles. The van der Waals surface area contributed by atoms with E-state index in [1.165, 1.54) is 11.0 Å². The molecule has 1 N–H and O–H groups in total. The molecule has 1 fully saturated rings. The van der Waals surface area contributed by atoms with E-state index in [9.17, 15) is 14.4 Å². The number of halogens is 1. The van der Waals surface area contributed by atoms with Gasteiger partial charge in [0.15, 0.2) is 6.61 Å². The summed E-state index contributed by atoms with van der Waals surface area (Å²) < 4.78 is 5.07. The Balaban J connectivity index is 1.63. The van der Waals surface area contributed by atoms with Crippen molar-refractivity contribution in [2.75, 3.05) is 13.2 Å². The molecular formula is C21H18ClNO5S. The van der Waals surface area contributed by atoms with E-state index in [1.807, 2.05) is 30.3 Å². The molecule has 1 aliphatic heterocycles. The first kappa shape index (κ1) is 21.0. The molecule has 1 aliphatic rings. The third-order valence-corrected chi connectivity index (χ3v) is 5.37. The number of hydrogen-bond donors (Lipinski definition) is 1. The van der Waals surface area contributed by atoms with Gasteiger partial charge in [-0.2, -0.15) is 0 Å². The molecule has 8 heteroatoms. The number of hydrogen-bond acceptors (Lipinski definition) is 5. The minimum Gasteiger partial charge on any atom is -0.480 e. The third-order valence-electron chi connectivity index (χ3n) is 4.17. The molecule has 2 aromatic rings. The number of benzene rings is 2. The average molecular weight is 432 g/mol. The highest BCUT2D eigenvalue weighted by molar-refractivity contribution is 8.18. The molecule has 3 rings (SSSR count). The molecule has 0 aromatic heterocycles. The number of amides is 2. The van der Waals surface area contributed by atoms with Crippen LogP contribution in [0.3, 0.4) is 0 Å². The number of carbonyl (C=O) groups excluding carboxylic acids is 2. The van der Waals surface area contributed by atoms with Gasteiger partial charge in [-0.15, -0.1) is 0 Å². The maximum atomic E-state index is 12.6. The molecule has 0 radical (unpaired) electrons. The van der Waals surface area contributed by atoms with Crippen LogP contribution in [0.15, 0.2) is 53.4 Å². The summed E-state index contributed by atoms with van der Waals surface area (Å²) >= 11 is 7.00. The van der Waals surface area contributed by atoms with Gasteiger partial charge in [0, 0.05) is 6.54 Å². The number of carboxylic acids is 1. The number of ether oxygens (including phenoxy) is 1. The fourth-order valence-electron chi connectivity index (χ4n) is 2.79. The van der Waals surface area contributed by atoms with Crippen molar-refractivity contribution in [3.63, 3.8) is 0 Å². The van der Waals surface area contributed by atoms with Crippen molar-refractivity contribution in [3.05, 3.63) is 69.6 Å². The lowest BCUT2D eigenvalue weighted by Crippen LogP contribution is -2.29. The maximum absolute atomic E-state index is 12.6. The van der Waals surface area contributed by atoms with Gasteiger partial charge in [0.05, 0.1) is 9.93 Å². The van der Waals surface area contributed by atoms with E-state index < -0.39 is 12.6 Å². The molecular weight excluding hydrogens is 414 g/mol. The summed E-state index contributed by atoms with van der Waals surface area (Å²) in [6.45, 7) is -0.138. The first-order valence-corrected chi connectivity index (χ1v) is 10.1. The van der Waals surface area contributed by atoms with Gasteiger partial charge in [-0.1, -0.05) is 48.0 Å². The first-order valence-electron chi connectivity index (χ1n) is 8.87. The van der Waals surface area contributed by atoms with E-state index in [2.05, 4.69) is 0 Å². The molecule has 1 heterocycles. The van der Waals surface area contributed by atoms with E-state index in [0.717, 1.165) is 23.7 Å².